The number of furan rings is 1. The van der Waals surface area contributed by atoms with E-state index in [-0.39, 0.29) is 11.6 Å². The zero-order valence-corrected chi connectivity index (χ0v) is 15.0. The van der Waals surface area contributed by atoms with Gasteiger partial charge in [-0.05, 0) is 50.2 Å². The lowest BCUT2D eigenvalue weighted by atomic mass is 10.2. The Labute approximate surface area is 154 Å². The van der Waals surface area contributed by atoms with Crippen molar-refractivity contribution in [2.24, 2.45) is 0 Å². The lowest BCUT2D eigenvalue weighted by molar-refractivity contribution is 0.0600. The van der Waals surface area contributed by atoms with Crippen LogP contribution in [0.3, 0.4) is 0 Å². The summed E-state index contributed by atoms with van der Waals surface area (Å²) in [5.74, 6) is -0.214. The van der Waals surface area contributed by atoms with E-state index in [1.54, 1.807) is 32.0 Å². The summed E-state index contributed by atoms with van der Waals surface area (Å²) in [5, 5.41) is 6.68. The van der Waals surface area contributed by atoms with Gasteiger partial charge in [-0.2, -0.15) is 5.10 Å². The first-order valence-electron chi connectivity index (χ1n) is 8.06. The van der Waals surface area contributed by atoms with Crippen LogP contribution in [0.1, 0.15) is 42.7 Å². The molecule has 0 fully saturated rings. The maximum atomic E-state index is 12.5. The van der Waals surface area contributed by atoms with Crippen molar-refractivity contribution in [1.82, 2.24) is 9.78 Å². The summed E-state index contributed by atoms with van der Waals surface area (Å²) in [6.07, 6.45) is 1.42. The smallest absolute Gasteiger partial charge is 0.337 e. The normalized spacial score (nSPS) is 10.5. The highest BCUT2D eigenvalue weighted by Gasteiger charge is 2.18. The molecule has 8 nitrogen and oxygen atoms in total. The number of methoxy groups -OCH3 is 1. The number of aromatic nitrogens is 2. The molecule has 1 aromatic carbocycles. The Morgan fingerprint density at radius 1 is 1.11 bits per heavy atom. The van der Waals surface area contributed by atoms with Crippen molar-refractivity contribution in [3.63, 3.8) is 0 Å². The van der Waals surface area contributed by atoms with Crippen molar-refractivity contribution >= 4 is 23.5 Å². The van der Waals surface area contributed by atoms with E-state index in [2.05, 4.69) is 15.2 Å². The second-order valence-electron chi connectivity index (χ2n) is 5.80. The lowest BCUT2D eigenvalue weighted by Crippen LogP contribution is -2.17. The Balaban J connectivity index is 1.72. The van der Waals surface area contributed by atoms with Gasteiger partial charge in [0.15, 0.2) is 5.69 Å². The van der Waals surface area contributed by atoms with Gasteiger partial charge in [-0.1, -0.05) is 0 Å². The number of benzene rings is 1. The second-order valence-corrected chi connectivity index (χ2v) is 5.80. The maximum absolute atomic E-state index is 12.5. The SMILES string of the molecule is COC(=O)c1ccc(NC(=O)c2ccn(C(=O)c3cc(C)oc3C)n2)cc1. The number of hydrogen-bond acceptors (Lipinski definition) is 6. The summed E-state index contributed by atoms with van der Waals surface area (Å²) >= 11 is 0. The van der Waals surface area contributed by atoms with E-state index < -0.39 is 11.9 Å². The van der Waals surface area contributed by atoms with Crippen molar-refractivity contribution < 1.29 is 23.5 Å². The number of esters is 1. The number of nitrogens with one attached hydrogen (secondary N) is 1. The average molecular weight is 367 g/mol. The lowest BCUT2D eigenvalue weighted by Gasteiger charge is -2.04. The van der Waals surface area contributed by atoms with Gasteiger partial charge in [-0.15, -0.1) is 0 Å². The van der Waals surface area contributed by atoms with Crippen LogP contribution < -0.4 is 5.32 Å². The number of amides is 1. The zero-order valence-electron chi connectivity index (χ0n) is 15.0. The number of ether oxygens (including phenoxy) is 1. The predicted molar refractivity (Wildman–Crippen MR) is 95.9 cm³/mol. The molecule has 0 aliphatic heterocycles. The van der Waals surface area contributed by atoms with Gasteiger partial charge in [0.05, 0.1) is 18.2 Å². The molecule has 0 spiro atoms. The molecular weight excluding hydrogens is 350 g/mol. The Kier molecular flexibility index (Phi) is 4.89. The van der Waals surface area contributed by atoms with Crippen molar-refractivity contribution in [1.29, 1.82) is 0 Å². The summed E-state index contributed by atoms with van der Waals surface area (Å²) in [4.78, 5) is 36.2. The molecular formula is C19H17N3O5. The molecule has 3 aromatic rings. The molecule has 0 saturated heterocycles. The molecule has 1 N–H and O–H groups in total. The van der Waals surface area contributed by atoms with Crippen LogP contribution in [0.2, 0.25) is 0 Å². The zero-order chi connectivity index (χ0) is 19.6. The molecule has 0 saturated carbocycles. The van der Waals surface area contributed by atoms with Crippen LogP contribution in [0, 0.1) is 13.8 Å². The first kappa shape index (κ1) is 18.1. The van der Waals surface area contributed by atoms with Crippen LogP contribution in [-0.4, -0.2) is 34.7 Å². The number of rotatable bonds is 4. The first-order valence-corrected chi connectivity index (χ1v) is 8.06. The van der Waals surface area contributed by atoms with Gasteiger partial charge in [0, 0.05) is 11.9 Å². The van der Waals surface area contributed by atoms with Gasteiger partial charge in [-0.25, -0.2) is 9.48 Å². The number of aryl methyl sites for hydroxylation is 2. The maximum Gasteiger partial charge on any atom is 0.337 e. The minimum atomic E-state index is -0.479. The molecule has 0 atom stereocenters. The molecule has 0 unspecified atom stereocenters. The third-order valence-corrected chi connectivity index (χ3v) is 3.87. The van der Waals surface area contributed by atoms with Crippen LogP contribution in [0.25, 0.3) is 0 Å². The Hall–Kier alpha value is -3.68. The predicted octanol–water partition coefficient (Wildman–Crippen LogP) is 2.82. The van der Waals surface area contributed by atoms with E-state index in [0.717, 1.165) is 4.68 Å². The highest BCUT2D eigenvalue weighted by molar-refractivity contribution is 6.04. The standard InChI is InChI=1S/C19H17N3O5/c1-11-10-15(12(2)27-11)18(24)22-9-8-16(21-22)17(23)20-14-6-4-13(5-7-14)19(25)26-3/h4-10H,1-3H3,(H,20,23). The van der Waals surface area contributed by atoms with Crippen LogP contribution in [-0.2, 0) is 4.74 Å². The molecule has 138 valence electrons. The largest absolute Gasteiger partial charge is 0.466 e. The average Bonchev–Trinajstić information content (AvgIpc) is 3.27. The van der Waals surface area contributed by atoms with Gasteiger partial charge in [0.25, 0.3) is 11.8 Å². The number of anilines is 1. The Morgan fingerprint density at radius 2 is 1.81 bits per heavy atom. The molecule has 8 heteroatoms. The van der Waals surface area contributed by atoms with E-state index in [9.17, 15) is 14.4 Å². The Morgan fingerprint density at radius 3 is 2.41 bits per heavy atom. The van der Waals surface area contributed by atoms with E-state index in [1.807, 2.05) is 0 Å². The second kappa shape index (κ2) is 7.28. The van der Waals surface area contributed by atoms with Gasteiger partial charge in [0.1, 0.15) is 11.5 Å². The quantitative estimate of drug-likeness (QED) is 0.711. The van der Waals surface area contributed by atoms with Crippen molar-refractivity contribution in [2.75, 3.05) is 12.4 Å². The highest BCUT2D eigenvalue weighted by atomic mass is 16.5. The highest BCUT2D eigenvalue weighted by Crippen LogP contribution is 2.16. The van der Waals surface area contributed by atoms with Crippen molar-refractivity contribution in [3.05, 3.63) is 70.9 Å². The van der Waals surface area contributed by atoms with Crippen LogP contribution in [0.5, 0.6) is 0 Å². The monoisotopic (exact) mass is 367 g/mol. The first-order chi connectivity index (χ1) is 12.9. The number of carbonyl (C=O) groups is 3. The fourth-order valence-electron chi connectivity index (χ4n) is 2.53. The number of hydrogen-bond donors (Lipinski definition) is 1. The molecule has 1 amide bonds. The summed E-state index contributed by atoms with van der Waals surface area (Å²) in [7, 11) is 1.29. The van der Waals surface area contributed by atoms with Gasteiger partial charge in [-0.3, -0.25) is 9.59 Å². The molecule has 3 rings (SSSR count). The molecule has 2 aromatic heterocycles. The summed E-state index contributed by atoms with van der Waals surface area (Å²) in [6.45, 7) is 3.44. The van der Waals surface area contributed by atoms with Gasteiger partial charge in [0.2, 0.25) is 0 Å². The minimum Gasteiger partial charge on any atom is -0.466 e. The van der Waals surface area contributed by atoms with Crippen LogP contribution in [0.4, 0.5) is 5.69 Å². The van der Waals surface area contributed by atoms with Gasteiger partial charge >= 0.3 is 5.97 Å². The van der Waals surface area contributed by atoms with Crippen LogP contribution >= 0.6 is 0 Å². The van der Waals surface area contributed by atoms with Crippen molar-refractivity contribution in [2.45, 2.75) is 13.8 Å². The van der Waals surface area contributed by atoms with Crippen molar-refractivity contribution in [3.8, 4) is 0 Å². The minimum absolute atomic E-state index is 0.0817. The summed E-state index contributed by atoms with van der Waals surface area (Å²) in [5.41, 5.74) is 1.32. The van der Waals surface area contributed by atoms with Crippen LogP contribution in [0.15, 0.2) is 47.0 Å². The topological polar surface area (TPSA) is 103 Å². The molecule has 0 radical (unpaired) electrons. The van der Waals surface area contributed by atoms with E-state index in [4.69, 9.17) is 4.42 Å². The third kappa shape index (κ3) is 3.79. The molecule has 0 bridgehead atoms. The van der Waals surface area contributed by atoms with Gasteiger partial charge < -0.3 is 14.5 Å². The fourth-order valence-corrected chi connectivity index (χ4v) is 2.53. The summed E-state index contributed by atoms with van der Waals surface area (Å²) in [6, 6.07) is 9.29. The molecule has 0 aliphatic rings. The molecule has 2 heterocycles. The number of nitrogens with zero attached hydrogens (tertiary/aromatic N) is 2. The van der Waals surface area contributed by atoms with E-state index in [0.29, 0.717) is 28.3 Å². The number of carbonyl (C=O) groups excluding carboxylic acids is 3. The molecule has 27 heavy (non-hydrogen) atoms. The third-order valence-electron chi connectivity index (χ3n) is 3.87. The Bertz CT molecular complexity index is 1010. The van der Waals surface area contributed by atoms with E-state index >= 15 is 0 Å². The molecule has 0 aliphatic carbocycles. The van der Waals surface area contributed by atoms with E-state index in [1.165, 1.54) is 31.5 Å². The summed E-state index contributed by atoms with van der Waals surface area (Å²) < 4.78 is 11.1. The fraction of sp³-hybridized carbons (Fsp3) is 0.158.